The molecule has 5 heteroatoms. The van der Waals surface area contributed by atoms with Gasteiger partial charge in [-0.25, -0.2) is 0 Å². The Labute approximate surface area is 100 Å². The van der Waals surface area contributed by atoms with Crippen LogP contribution in [-0.2, 0) is 14.3 Å². The van der Waals surface area contributed by atoms with Crippen LogP contribution < -0.4 is 5.32 Å². The number of carbonyl (C=O) groups is 2. The number of aryl methyl sites for hydroxylation is 1. The van der Waals surface area contributed by atoms with Crippen molar-refractivity contribution in [3.8, 4) is 0 Å². The number of aromatic nitrogens is 1. The first-order valence-electron chi connectivity index (χ1n) is 5.49. The lowest BCUT2D eigenvalue weighted by Crippen LogP contribution is -2.14. The number of rotatable bonds is 5. The van der Waals surface area contributed by atoms with E-state index in [0.29, 0.717) is 12.3 Å². The molecular weight excluding hydrogens is 220 g/mol. The molecule has 1 aromatic heterocycles. The summed E-state index contributed by atoms with van der Waals surface area (Å²) >= 11 is 0. The van der Waals surface area contributed by atoms with Crippen molar-refractivity contribution >= 4 is 17.6 Å². The minimum absolute atomic E-state index is 0.0961. The van der Waals surface area contributed by atoms with E-state index < -0.39 is 0 Å². The van der Waals surface area contributed by atoms with Crippen LogP contribution in [0.3, 0.4) is 0 Å². The van der Waals surface area contributed by atoms with E-state index in [-0.39, 0.29) is 24.7 Å². The Balaban J connectivity index is 2.37. The third kappa shape index (κ3) is 5.10. The van der Waals surface area contributed by atoms with E-state index in [0.717, 1.165) is 5.56 Å². The van der Waals surface area contributed by atoms with Crippen molar-refractivity contribution < 1.29 is 14.3 Å². The molecule has 1 aromatic rings. The number of amides is 1. The molecule has 5 nitrogen and oxygen atoms in total. The molecule has 0 spiro atoms. The standard InChI is InChI=1S/C12H16N2O3/c1-3-17-12(16)5-4-11(15)14-10-6-9(2)7-13-8-10/h6-8H,3-5H2,1-2H3,(H,14,15). The average Bonchev–Trinajstić information content (AvgIpc) is 2.27. The second-order valence-electron chi connectivity index (χ2n) is 3.60. The molecule has 0 aliphatic heterocycles. The summed E-state index contributed by atoms with van der Waals surface area (Å²) in [6, 6.07) is 1.81. The lowest BCUT2D eigenvalue weighted by molar-refractivity contribution is -0.144. The Kier molecular flexibility index (Phi) is 5.13. The van der Waals surface area contributed by atoms with Crippen molar-refractivity contribution in [1.29, 1.82) is 0 Å². The maximum Gasteiger partial charge on any atom is 0.306 e. The molecule has 1 N–H and O–H groups in total. The normalized spacial score (nSPS) is 9.76. The Morgan fingerprint density at radius 1 is 1.35 bits per heavy atom. The van der Waals surface area contributed by atoms with Gasteiger partial charge in [-0.3, -0.25) is 14.6 Å². The molecule has 0 saturated heterocycles. The summed E-state index contributed by atoms with van der Waals surface area (Å²) < 4.78 is 4.73. The summed E-state index contributed by atoms with van der Waals surface area (Å²) in [5, 5.41) is 2.67. The number of anilines is 1. The fourth-order valence-corrected chi connectivity index (χ4v) is 1.30. The first-order valence-corrected chi connectivity index (χ1v) is 5.49. The van der Waals surface area contributed by atoms with Crippen LogP contribution in [0, 0.1) is 6.92 Å². The molecule has 1 amide bonds. The van der Waals surface area contributed by atoms with E-state index >= 15 is 0 Å². The molecule has 0 fully saturated rings. The molecule has 0 aliphatic carbocycles. The molecular formula is C12H16N2O3. The van der Waals surface area contributed by atoms with Gasteiger partial charge in [0.05, 0.1) is 24.9 Å². The van der Waals surface area contributed by atoms with Gasteiger partial charge in [0, 0.05) is 12.6 Å². The number of carbonyl (C=O) groups excluding carboxylic acids is 2. The third-order valence-electron chi connectivity index (χ3n) is 2.02. The monoisotopic (exact) mass is 236 g/mol. The summed E-state index contributed by atoms with van der Waals surface area (Å²) in [6.45, 7) is 3.96. The van der Waals surface area contributed by atoms with E-state index in [9.17, 15) is 9.59 Å². The maximum absolute atomic E-state index is 11.5. The second kappa shape index (κ2) is 6.62. The number of pyridine rings is 1. The predicted octanol–water partition coefficient (Wildman–Crippen LogP) is 1.67. The first kappa shape index (κ1) is 13.2. The maximum atomic E-state index is 11.5. The molecule has 0 aromatic carbocycles. The minimum Gasteiger partial charge on any atom is -0.466 e. The van der Waals surface area contributed by atoms with Gasteiger partial charge in [-0.1, -0.05) is 0 Å². The van der Waals surface area contributed by atoms with E-state index in [4.69, 9.17) is 4.74 Å². The Morgan fingerprint density at radius 3 is 2.76 bits per heavy atom. The topological polar surface area (TPSA) is 68.3 Å². The van der Waals surface area contributed by atoms with Crippen LogP contribution in [0.25, 0.3) is 0 Å². The summed E-state index contributed by atoms with van der Waals surface area (Å²) in [4.78, 5) is 26.5. The summed E-state index contributed by atoms with van der Waals surface area (Å²) in [7, 11) is 0. The van der Waals surface area contributed by atoms with Gasteiger partial charge in [0.1, 0.15) is 0 Å². The number of hydrogen-bond acceptors (Lipinski definition) is 4. The summed E-state index contributed by atoms with van der Waals surface area (Å²) in [5.41, 5.74) is 1.60. The number of ether oxygens (including phenoxy) is 1. The van der Waals surface area contributed by atoms with Gasteiger partial charge < -0.3 is 10.1 Å². The zero-order valence-electron chi connectivity index (χ0n) is 10.0. The minimum atomic E-state index is -0.356. The van der Waals surface area contributed by atoms with Crippen molar-refractivity contribution in [2.45, 2.75) is 26.7 Å². The van der Waals surface area contributed by atoms with E-state index in [2.05, 4.69) is 10.3 Å². The number of hydrogen-bond donors (Lipinski definition) is 1. The van der Waals surface area contributed by atoms with E-state index in [1.54, 1.807) is 19.3 Å². The Hall–Kier alpha value is -1.91. The highest BCUT2D eigenvalue weighted by Crippen LogP contribution is 2.08. The molecule has 0 aliphatic rings. The molecule has 1 rings (SSSR count). The average molecular weight is 236 g/mol. The van der Waals surface area contributed by atoms with Crippen molar-refractivity contribution in [3.05, 3.63) is 24.0 Å². The van der Waals surface area contributed by atoms with Crippen LogP contribution in [0.2, 0.25) is 0 Å². The molecule has 0 saturated carbocycles. The van der Waals surface area contributed by atoms with Gasteiger partial charge in [-0.05, 0) is 25.5 Å². The van der Waals surface area contributed by atoms with Crippen LogP contribution in [0.15, 0.2) is 18.5 Å². The van der Waals surface area contributed by atoms with Gasteiger partial charge >= 0.3 is 5.97 Å². The zero-order chi connectivity index (χ0) is 12.7. The van der Waals surface area contributed by atoms with Gasteiger partial charge in [-0.2, -0.15) is 0 Å². The highest BCUT2D eigenvalue weighted by Gasteiger charge is 2.07. The highest BCUT2D eigenvalue weighted by atomic mass is 16.5. The van der Waals surface area contributed by atoms with Gasteiger partial charge in [0.2, 0.25) is 5.91 Å². The lowest BCUT2D eigenvalue weighted by atomic mass is 10.2. The number of nitrogens with one attached hydrogen (secondary N) is 1. The number of esters is 1. The largest absolute Gasteiger partial charge is 0.466 e. The zero-order valence-corrected chi connectivity index (χ0v) is 10.0. The molecule has 0 atom stereocenters. The molecule has 1 heterocycles. The van der Waals surface area contributed by atoms with Crippen molar-refractivity contribution in [3.63, 3.8) is 0 Å². The Bertz CT molecular complexity index is 404. The Morgan fingerprint density at radius 2 is 2.12 bits per heavy atom. The summed E-state index contributed by atoms with van der Waals surface area (Å²) in [5.74, 6) is -0.574. The quantitative estimate of drug-likeness (QED) is 0.789. The van der Waals surface area contributed by atoms with Gasteiger partial charge in [-0.15, -0.1) is 0 Å². The highest BCUT2D eigenvalue weighted by molar-refractivity contribution is 5.92. The van der Waals surface area contributed by atoms with Gasteiger partial charge in [0.25, 0.3) is 0 Å². The van der Waals surface area contributed by atoms with Crippen LogP contribution in [0.5, 0.6) is 0 Å². The predicted molar refractivity (Wildman–Crippen MR) is 63.5 cm³/mol. The van der Waals surface area contributed by atoms with Gasteiger partial charge in [0.15, 0.2) is 0 Å². The third-order valence-corrected chi connectivity index (χ3v) is 2.02. The molecule has 0 bridgehead atoms. The lowest BCUT2D eigenvalue weighted by Gasteiger charge is -2.05. The van der Waals surface area contributed by atoms with Crippen molar-refractivity contribution in [2.24, 2.45) is 0 Å². The fourth-order valence-electron chi connectivity index (χ4n) is 1.30. The van der Waals surface area contributed by atoms with E-state index in [1.165, 1.54) is 0 Å². The molecule has 0 unspecified atom stereocenters. The van der Waals surface area contributed by atoms with Crippen molar-refractivity contribution in [1.82, 2.24) is 4.98 Å². The molecule has 92 valence electrons. The van der Waals surface area contributed by atoms with Crippen molar-refractivity contribution in [2.75, 3.05) is 11.9 Å². The van der Waals surface area contributed by atoms with Crippen LogP contribution in [0.1, 0.15) is 25.3 Å². The molecule has 17 heavy (non-hydrogen) atoms. The first-order chi connectivity index (χ1) is 8.11. The van der Waals surface area contributed by atoms with Crippen LogP contribution in [-0.4, -0.2) is 23.5 Å². The molecule has 0 radical (unpaired) electrons. The van der Waals surface area contributed by atoms with E-state index in [1.807, 2.05) is 13.0 Å². The van der Waals surface area contributed by atoms with Crippen LogP contribution >= 0.6 is 0 Å². The summed E-state index contributed by atoms with van der Waals surface area (Å²) in [6.07, 6.45) is 3.48. The number of nitrogens with zero attached hydrogens (tertiary/aromatic N) is 1. The van der Waals surface area contributed by atoms with Crippen LogP contribution in [0.4, 0.5) is 5.69 Å². The second-order valence-corrected chi connectivity index (χ2v) is 3.60. The fraction of sp³-hybridized carbons (Fsp3) is 0.417. The smallest absolute Gasteiger partial charge is 0.306 e. The SMILES string of the molecule is CCOC(=O)CCC(=O)Nc1cncc(C)c1.